The van der Waals surface area contributed by atoms with Gasteiger partial charge in [0.15, 0.2) is 11.5 Å². The Morgan fingerprint density at radius 1 is 1.27 bits per heavy atom. The molecular formula is C11H15NO3. The molecule has 15 heavy (non-hydrogen) atoms. The topological polar surface area (TPSA) is 64.7 Å². The van der Waals surface area contributed by atoms with Crippen LogP contribution in [0.25, 0.3) is 6.08 Å². The van der Waals surface area contributed by atoms with Gasteiger partial charge in [-0.3, -0.25) is 0 Å². The van der Waals surface area contributed by atoms with E-state index in [1.54, 1.807) is 32.4 Å². The van der Waals surface area contributed by atoms with Crippen molar-refractivity contribution in [1.82, 2.24) is 0 Å². The fourth-order valence-corrected chi connectivity index (χ4v) is 1.17. The maximum absolute atomic E-state index is 8.88. The third kappa shape index (κ3) is 3.27. The Labute approximate surface area is 88.9 Å². The Morgan fingerprint density at radius 2 is 1.93 bits per heavy atom. The van der Waals surface area contributed by atoms with Gasteiger partial charge in [0.25, 0.3) is 0 Å². The van der Waals surface area contributed by atoms with Gasteiger partial charge in [0.05, 0.1) is 14.2 Å². The molecule has 0 aliphatic heterocycles. The lowest BCUT2D eigenvalue weighted by molar-refractivity contribution is 0.232. The molecule has 4 nitrogen and oxygen atoms in total. The van der Waals surface area contributed by atoms with Crippen molar-refractivity contribution in [2.75, 3.05) is 14.2 Å². The maximum atomic E-state index is 8.88. The number of hydrogen-bond acceptors (Lipinski definition) is 4. The molecule has 0 aromatic heterocycles. The van der Waals surface area contributed by atoms with Crippen LogP contribution in [0.3, 0.4) is 0 Å². The molecule has 1 rings (SSSR count). The molecule has 1 aromatic rings. The average molecular weight is 209 g/mol. The predicted molar refractivity (Wildman–Crippen MR) is 58.8 cm³/mol. The minimum Gasteiger partial charge on any atom is -0.493 e. The van der Waals surface area contributed by atoms with Crippen LogP contribution in [0, 0.1) is 0 Å². The van der Waals surface area contributed by atoms with Crippen molar-refractivity contribution < 1.29 is 14.6 Å². The molecule has 0 heterocycles. The lowest BCUT2D eigenvalue weighted by atomic mass is 10.2. The van der Waals surface area contributed by atoms with Crippen molar-refractivity contribution in [3.8, 4) is 11.5 Å². The zero-order chi connectivity index (χ0) is 11.3. The van der Waals surface area contributed by atoms with E-state index < -0.39 is 6.23 Å². The summed E-state index contributed by atoms with van der Waals surface area (Å²) in [6, 6.07) is 5.44. The first-order valence-corrected chi connectivity index (χ1v) is 4.51. The number of benzene rings is 1. The van der Waals surface area contributed by atoms with Gasteiger partial charge < -0.3 is 20.3 Å². The Bertz CT molecular complexity index is 348. The summed E-state index contributed by atoms with van der Waals surface area (Å²) in [7, 11) is 3.15. The van der Waals surface area contributed by atoms with E-state index in [2.05, 4.69) is 0 Å². The quantitative estimate of drug-likeness (QED) is 0.726. The molecule has 0 fully saturated rings. The molecule has 1 aromatic carbocycles. The highest BCUT2D eigenvalue weighted by atomic mass is 16.5. The molecule has 0 unspecified atom stereocenters. The second kappa shape index (κ2) is 5.38. The van der Waals surface area contributed by atoms with Crippen molar-refractivity contribution in [3.05, 3.63) is 29.8 Å². The first-order chi connectivity index (χ1) is 7.17. The summed E-state index contributed by atoms with van der Waals surface area (Å²) in [5, 5.41) is 8.88. The molecule has 0 saturated carbocycles. The van der Waals surface area contributed by atoms with Crippen LogP contribution in [0.4, 0.5) is 0 Å². The molecule has 1 atom stereocenters. The third-order valence-electron chi connectivity index (χ3n) is 1.89. The Kier molecular flexibility index (Phi) is 4.15. The van der Waals surface area contributed by atoms with Gasteiger partial charge in [-0.25, -0.2) is 0 Å². The number of ether oxygens (including phenoxy) is 2. The van der Waals surface area contributed by atoms with Crippen LogP contribution in [-0.4, -0.2) is 25.6 Å². The lowest BCUT2D eigenvalue weighted by Crippen LogP contribution is -2.14. The molecule has 0 bridgehead atoms. The van der Waals surface area contributed by atoms with E-state index in [0.717, 1.165) is 5.56 Å². The van der Waals surface area contributed by atoms with Gasteiger partial charge in [-0.2, -0.15) is 0 Å². The van der Waals surface area contributed by atoms with Crippen LogP contribution < -0.4 is 15.2 Å². The molecule has 4 heteroatoms. The van der Waals surface area contributed by atoms with E-state index in [9.17, 15) is 0 Å². The van der Waals surface area contributed by atoms with Crippen LogP contribution in [0.2, 0.25) is 0 Å². The number of methoxy groups -OCH3 is 2. The number of nitrogens with two attached hydrogens (primary N) is 1. The molecule has 82 valence electrons. The minimum atomic E-state index is -0.946. The first-order valence-electron chi connectivity index (χ1n) is 4.51. The highest BCUT2D eigenvalue weighted by Crippen LogP contribution is 2.27. The smallest absolute Gasteiger partial charge is 0.161 e. The molecule has 0 aliphatic rings. The summed E-state index contributed by atoms with van der Waals surface area (Å²) in [4.78, 5) is 0. The zero-order valence-corrected chi connectivity index (χ0v) is 8.81. The molecule has 0 spiro atoms. The number of aliphatic hydroxyl groups excluding tert-OH is 1. The van der Waals surface area contributed by atoms with Crippen LogP contribution in [0.1, 0.15) is 5.56 Å². The van der Waals surface area contributed by atoms with Crippen LogP contribution >= 0.6 is 0 Å². The van der Waals surface area contributed by atoms with Crippen LogP contribution in [-0.2, 0) is 0 Å². The van der Waals surface area contributed by atoms with Gasteiger partial charge in [0.1, 0.15) is 6.23 Å². The van der Waals surface area contributed by atoms with E-state index in [0.29, 0.717) is 11.5 Å². The molecule has 0 radical (unpaired) electrons. The van der Waals surface area contributed by atoms with Gasteiger partial charge in [0, 0.05) is 0 Å². The Balaban J connectivity index is 2.93. The van der Waals surface area contributed by atoms with Gasteiger partial charge in [-0.15, -0.1) is 0 Å². The number of hydrogen-bond donors (Lipinski definition) is 2. The van der Waals surface area contributed by atoms with E-state index in [1.165, 1.54) is 6.08 Å². The van der Waals surface area contributed by atoms with Crippen LogP contribution in [0.15, 0.2) is 24.3 Å². The molecular weight excluding hydrogens is 194 g/mol. The standard InChI is InChI=1S/C11H15NO3/c1-14-9-5-3-8(4-6-11(12)13)7-10(9)15-2/h3-7,11,13H,12H2,1-2H3/b6-4+/t11-/m1/s1. The summed E-state index contributed by atoms with van der Waals surface area (Å²) >= 11 is 0. The average Bonchev–Trinajstić information content (AvgIpc) is 2.25. The van der Waals surface area contributed by atoms with Crippen LogP contribution in [0.5, 0.6) is 11.5 Å². The lowest BCUT2D eigenvalue weighted by Gasteiger charge is -2.07. The monoisotopic (exact) mass is 209 g/mol. The number of rotatable bonds is 4. The third-order valence-corrected chi connectivity index (χ3v) is 1.89. The molecule has 0 aliphatic carbocycles. The van der Waals surface area contributed by atoms with Crippen molar-refractivity contribution >= 4 is 6.08 Å². The zero-order valence-electron chi connectivity index (χ0n) is 8.81. The van der Waals surface area contributed by atoms with E-state index in [-0.39, 0.29) is 0 Å². The fourth-order valence-electron chi connectivity index (χ4n) is 1.17. The van der Waals surface area contributed by atoms with Crippen molar-refractivity contribution in [2.24, 2.45) is 5.73 Å². The van der Waals surface area contributed by atoms with Crippen molar-refractivity contribution in [3.63, 3.8) is 0 Å². The van der Waals surface area contributed by atoms with E-state index in [4.69, 9.17) is 20.3 Å². The highest BCUT2D eigenvalue weighted by molar-refractivity contribution is 5.56. The van der Waals surface area contributed by atoms with E-state index in [1.807, 2.05) is 6.07 Å². The summed E-state index contributed by atoms with van der Waals surface area (Å²) in [6.45, 7) is 0. The predicted octanol–water partition coefficient (Wildman–Crippen LogP) is 0.994. The first kappa shape index (κ1) is 11.6. The summed E-state index contributed by atoms with van der Waals surface area (Å²) in [5.41, 5.74) is 6.07. The summed E-state index contributed by atoms with van der Waals surface area (Å²) < 4.78 is 10.2. The van der Waals surface area contributed by atoms with Gasteiger partial charge in [-0.05, 0) is 23.8 Å². The summed E-state index contributed by atoms with van der Waals surface area (Å²) in [5.74, 6) is 1.31. The number of aliphatic hydroxyl groups is 1. The second-order valence-electron chi connectivity index (χ2n) is 2.96. The van der Waals surface area contributed by atoms with E-state index >= 15 is 0 Å². The second-order valence-corrected chi connectivity index (χ2v) is 2.96. The SMILES string of the molecule is COc1ccc(/C=C/[C@H](N)O)cc1OC. The molecule has 0 amide bonds. The molecule has 0 saturated heterocycles. The normalized spacial score (nSPS) is 12.8. The minimum absolute atomic E-state index is 0.645. The van der Waals surface area contributed by atoms with Gasteiger partial charge in [-0.1, -0.05) is 12.1 Å². The Morgan fingerprint density at radius 3 is 2.47 bits per heavy atom. The highest BCUT2D eigenvalue weighted by Gasteiger charge is 2.02. The summed E-state index contributed by atoms with van der Waals surface area (Å²) in [6.07, 6.45) is 2.26. The van der Waals surface area contributed by atoms with Crippen molar-refractivity contribution in [1.29, 1.82) is 0 Å². The molecule has 3 N–H and O–H groups in total. The van der Waals surface area contributed by atoms with Crippen molar-refractivity contribution in [2.45, 2.75) is 6.23 Å². The van der Waals surface area contributed by atoms with Gasteiger partial charge >= 0.3 is 0 Å². The Hall–Kier alpha value is -1.52. The van der Waals surface area contributed by atoms with Gasteiger partial charge in [0.2, 0.25) is 0 Å². The maximum Gasteiger partial charge on any atom is 0.161 e. The largest absolute Gasteiger partial charge is 0.493 e. The fraction of sp³-hybridized carbons (Fsp3) is 0.273.